The zero-order valence-electron chi connectivity index (χ0n) is 20.6. The van der Waals surface area contributed by atoms with Gasteiger partial charge in [-0.25, -0.2) is 0 Å². The van der Waals surface area contributed by atoms with E-state index in [1.807, 2.05) is 44.1 Å². The number of carbonyl (C=O) groups excluding carboxylic acids is 1. The quantitative estimate of drug-likeness (QED) is 0.701. The van der Waals surface area contributed by atoms with Gasteiger partial charge in [-0.3, -0.25) is 9.79 Å². The highest BCUT2D eigenvalue weighted by Crippen LogP contribution is 2.48. The molecule has 0 bridgehead atoms. The number of carbonyl (C=O) groups is 1. The summed E-state index contributed by atoms with van der Waals surface area (Å²) in [6.45, 7) is 9.74. The number of ether oxygens (including phenoxy) is 2. The molecular formula is C27H35N3O3. The maximum Gasteiger partial charge on any atom is 0.234 e. The van der Waals surface area contributed by atoms with E-state index in [2.05, 4.69) is 44.3 Å². The Kier molecular flexibility index (Phi) is 6.23. The van der Waals surface area contributed by atoms with Crippen molar-refractivity contribution in [1.29, 1.82) is 0 Å². The van der Waals surface area contributed by atoms with Crippen LogP contribution in [0.1, 0.15) is 49.9 Å². The number of rotatable bonds is 7. The van der Waals surface area contributed by atoms with Gasteiger partial charge in [0.15, 0.2) is 11.5 Å². The van der Waals surface area contributed by atoms with Crippen LogP contribution in [0.3, 0.4) is 0 Å². The van der Waals surface area contributed by atoms with Gasteiger partial charge in [0, 0.05) is 29.7 Å². The summed E-state index contributed by atoms with van der Waals surface area (Å²) >= 11 is 0. The maximum atomic E-state index is 12.4. The Morgan fingerprint density at radius 2 is 1.91 bits per heavy atom. The Balaban J connectivity index is 1.81. The van der Waals surface area contributed by atoms with E-state index in [0.717, 1.165) is 34.8 Å². The lowest BCUT2D eigenvalue weighted by Gasteiger charge is -2.34. The molecule has 2 heterocycles. The molecule has 2 aromatic carbocycles. The van der Waals surface area contributed by atoms with Crippen molar-refractivity contribution in [3.05, 3.63) is 58.7 Å². The minimum atomic E-state index is -0.465. The first-order valence-corrected chi connectivity index (χ1v) is 11.7. The van der Waals surface area contributed by atoms with Crippen molar-refractivity contribution in [3.63, 3.8) is 0 Å². The fourth-order valence-corrected chi connectivity index (χ4v) is 4.78. The zero-order chi connectivity index (χ0) is 23.8. The predicted molar refractivity (Wildman–Crippen MR) is 132 cm³/mol. The van der Waals surface area contributed by atoms with Crippen LogP contribution in [0.4, 0.5) is 0 Å². The van der Waals surface area contributed by atoms with Crippen molar-refractivity contribution >= 4 is 11.6 Å². The van der Waals surface area contributed by atoms with E-state index in [4.69, 9.17) is 14.5 Å². The number of amides is 1. The van der Waals surface area contributed by atoms with Crippen molar-refractivity contribution in [3.8, 4) is 11.5 Å². The van der Waals surface area contributed by atoms with Crippen LogP contribution in [0.15, 0.2) is 41.4 Å². The summed E-state index contributed by atoms with van der Waals surface area (Å²) in [4.78, 5) is 19.5. The summed E-state index contributed by atoms with van der Waals surface area (Å²) < 4.78 is 12.4. The Morgan fingerprint density at radius 3 is 2.58 bits per heavy atom. The number of hydrogen-bond donors (Lipinski definition) is 1. The van der Waals surface area contributed by atoms with Crippen LogP contribution in [0.2, 0.25) is 0 Å². The fourth-order valence-electron chi connectivity index (χ4n) is 4.78. The average molecular weight is 450 g/mol. The summed E-state index contributed by atoms with van der Waals surface area (Å²) in [6.07, 6.45) is 1.52. The Bertz CT molecular complexity index is 1080. The second kappa shape index (κ2) is 8.82. The largest absolute Gasteiger partial charge is 0.490 e. The smallest absolute Gasteiger partial charge is 0.234 e. The summed E-state index contributed by atoms with van der Waals surface area (Å²) in [6, 6.07) is 12.4. The van der Waals surface area contributed by atoms with Gasteiger partial charge in [0.25, 0.3) is 0 Å². The number of hydrogen-bond acceptors (Lipinski definition) is 5. The third-order valence-corrected chi connectivity index (χ3v) is 6.07. The second-order valence-electron chi connectivity index (χ2n) is 10.2. The van der Waals surface area contributed by atoms with Crippen molar-refractivity contribution in [1.82, 2.24) is 10.2 Å². The first-order valence-electron chi connectivity index (χ1n) is 11.7. The highest BCUT2D eigenvalue weighted by Gasteiger charge is 2.40. The minimum absolute atomic E-state index is 0.00240. The molecule has 6 heteroatoms. The molecule has 33 heavy (non-hydrogen) atoms. The molecule has 2 aliphatic heterocycles. The van der Waals surface area contributed by atoms with Gasteiger partial charge >= 0.3 is 0 Å². The number of benzene rings is 2. The Labute approximate surface area is 197 Å². The van der Waals surface area contributed by atoms with Gasteiger partial charge in [0.05, 0.1) is 24.4 Å². The first kappa shape index (κ1) is 23.3. The lowest BCUT2D eigenvalue weighted by Crippen LogP contribution is -2.46. The highest BCUT2D eigenvalue weighted by molar-refractivity contribution is 6.16. The van der Waals surface area contributed by atoms with E-state index in [1.165, 1.54) is 11.1 Å². The molecule has 4 rings (SSSR count). The molecule has 0 aromatic heterocycles. The van der Waals surface area contributed by atoms with Crippen molar-refractivity contribution in [2.24, 2.45) is 4.99 Å². The van der Waals surface area contributed by atoms with E-state index < -0.39 is 5.54 Å². The third-order valence-electron chi connectivity index (χ3n) is 6.07. The molecule has 1 unspecified atom stereocenters. The van der Waals surface area contributed by atoms with Crippen molar-refractivity contribution < 1.29 is 14.3 Å². The molecule has 2 aromatic rings. The standard InChI is InChI=1S/C27H35N3O3/c1-7-32-21-13-19-14-27(4,17-28-22(31)16-30(5)6)29-24(18-11-9-8-10-12-18)23(19)20-15-26(2,3)33-25(20)21/h8-13H,7,14-17H2,1-6H3,(H,28,31). The summed E-state index contributed by atoms with van der Waals surface area (Å²) in [5.74, 6) is 1.64. The average Bonchev–Trinajstić information content (AvgIpc) is 3.07. The van der Waals surface area contributed by atoms with Crippen molar-refractivity contribution in [2.75, 3.05) is 33.8 Å². The van der Waals surface area contributed by atoms with E-state index in [-0.39, 0.29) is 11.5 Å². The molecule has 6 nitrogen and oxygen atoms in total. The van der Waals surface area contributed by atoms with Crippen LogP contribution >= 0.6 is 0 Å². The predicted octanol–water partition coefficient (Wildman–Crippen LogP) is 3.63. The maximum absolute atomic E-state index is 12.4. The van der Waals surface area contributed by atoms with Crippen LogP contribution in [-0.2, 0) is 17.6 Å². The van der Waals surface area contributed by atoms with Gasteiger partial charge in [-0.1, -0.05) is 30.3 Å². The molecule has 1 atom stereocenters. The first-order chi connectivity index (χ1) is 15.6. The van der Waals surface area contributed by atoms with Crippen LogP contribution < -0.4 is 14.8 Å². The topological polar surface area (TPSA) is 63.2 Å². The monoisotopic (exact) mass is 449 g/mol. The highest BCUT2D eigenvalue weighted by atomic mass is 16.5. The Morgan fingerprint density at radius 1 is 1.18 bits per heavy atom. The normalized spacial score (nSPS) is 20.5. The molecular weight excluding hydrogens is 414 g/mol. The van der Waals surface area contributed by atoms with Crippen LogP contribution in [0.25, 0.3) is 0 Å². The molecule has 0 saturated heterocycles. The van der Waals surface area contributed by atoms with E-state index >= 15 is 0 Å². The van der Waals surface area contributed by atoms with Gasteiger partial charge < -0.3 is 19.7 Å². The number of aliphatic imine (C=N–C) groups is 1. The van der Waals surface area contributed by atoms with Gasteiger partial charge in [0.1, 0.15) is 5.60 Å². The molecule has 2 aliphatic rings. The molecule has 1 amide bonds. The molecule has 0 spiro atoms. The van der Waals surface area contributed by atoms with Gasteiger partial charge in [-0.05, 0) is 59.8 Å². The van der Waals surface area contributed by atoms with E-state index in [1.54, 1.807) is 0 Å². The van der Waals surface area contributed by atoms with Gasteiger partial charge in [-0.2, -0.15) is 0 Å². The van der Waals surface area contributed by atoms with Gasteiger partial charge in [-0.15, -0.1) is 0 Å². The van der Waals surface area contributed by atoms with Crippen LogP contribution in [0.5, 0.6) is 11.5 Å². The lowest BCUT2D eigenvalue weighted by atomic mass is 9.80. The molecule has 0 fully saturated rings. The van der Waals surface area contributed by atoms with E-state index in [9.17, 15) is 4.79 Å². The van der Waals surface area contributed by atoms with Crippen LogP contribution in [0, 0.1) is 0 Å². The van der Waals surface area contributed by atoms with Gasteiger partial charge in [0.2, 0.25) is 5.91 Å². The summed E-state index contributed by atoms with van der Waals surface area (Å²) in [5, 5.41) is 3.09. The van der Waals surface area contributed by atoms with E-state index in [0.29, 0.717) is 26.1 Å². The second-order valence-corrected chi connectivity index (χ2v) is 10.2. The Hall–Kier alpha value is -2.86. The molecule has 0 radical (unpaired) electrons. The third kappa shape index (κ3) is 4.91. The number of nitrogens with zero attached hydrogens (tertiary/aromatic N) is 2. The minimum Gasteiger partial charge on any atom is -0.490 e. The van der Waals surface area contributed by atoms with Crippen molar-refractivity contribution in [2.45, 2.75) is 51.7 Å². The molecule has 176 valence electrons. The summed E-state index contributed by atoms with van der Waals surface area (Å²) in [5.41, 5.74) is 4.78. The number of likely N-dealkylation sites (N-methyl/N-ethyl adjacent to an activating group) is 1. The number of fused-ring (bicyclic) bond motifs is 3. The lowest BCUT2D eigenvalue weighted by molar-refractivity contribution is -0.121. The molecule has 0 saturated carbocycles. The SMILES string of the molecule is CCOc1cc2c(c3c1OC(C)(C)C3)C(c1ccccc1)=NC(C)(CNC(=O)CN(C)C)C2. The van der Waals surface area contributed by atoms with Crippen LogP contribution in [-0.4, -0.2) is 61.5 Å². The molecule has 1 N–H and O–H groups in total. The summed E-state index contributed by atoms with van der Waals surface area (Å²) in [7, 11) is 3.78. The molecule has 0 aliphatic carbocycles. The number of nitrogens with one attached hydrogen (secondary N) is 1. The zero-order valence-corrected chi connectivity index (χ0v) is 20.6. The fraction of sp³-hybridized carbons (Fsp3) is 0.481.